The second kappa shape index (κ2) is 7.79. The van der Waals surface area contributed by atoms with E-state index in [2.05, 4.69) is 25.1 Å². The molecule has 1 atom stereocenters. The SMILES string of the molecule is CC(Cl)CCc1ccc(C2CCCCC2)cc1-n1nc2ccccc2n1. The molecule has 3 nitrogen and oxygen atoms in total. The molecule has 0 spiro atoms. The number of benzene rings is 2. The summed E-state index contributed by atoms with van der Waals surface area (Å²) in [7, 11) is 0. The summed E-state index contributed by atoms with van der Waals surface area (Å²) in [6.07, 6.45) is 8.56. The zero-order chi connectivity index (χ0) is 17.9. The molecule has 4 heteroatoms. The zero-order valence-corrected chi connectivity index (χ0v) is 16.1. The predicted molar refractivity (Wildman–Crippen MR) is 108 cm³/mol. The van der Waals surface area contributed by atoms with Gasteiger partial charge in [0.1, 0.15) is 11.0 Å². The zero-order valence-electron chi connectivity index (χ0n) is 15.4. The van der Waals surface area contributed by atoms with Crippen molar-refractivity contribution in [3.8, 4) is 5.69 Å². The highest BCUT2D eigenvalue weighted by atomic mass is 35.5. The Morgan fingerprint density at radius 3 is 2.38 bits per heavy atom. The smallest absolute Gasteiger partial charge is 0.113 e. The molecule has 3 aromatic rings. The van der Waals surface area contributed by atoms with Crippen molar-refractivity contribution < 1.29 is 0 Å². The van der Waals surface area contributed by atoms with E-state index in [1.165, 1.54) is 43.2 Å². The lowest BCUT2D eigenvalue weighted by atomic mass is 9.83. The number of nitrogens with zero attached hydrogens (tertiary/aromatic N) is 3. The Bertz CT molecular complexity index is 845. The molecule has 0 bridgehead atoms. The van der Waals surface area contributed by atoms with Crippen molar-refractivity contribution >= 4 is 22.6 Å². The average Bonchev–Trinajstić information content (AvgIpc) is 3.11. The minimum absolute atomic E-state index is 0.172. The maximum Gasteiger partial charge on any atom is 0.113 e. The summed E-state index contributed by atoms with van der Waals surface area (Å²) in [5.41, 5.74) is 5.70. The molecule has 1 saturated carbocycles. The molecule has 26 heavy (non-hydrogen) atoms. The van der Waals surface area contributed by atoms with E-state index in [0.29, 0.717) is 5.92 Å². The highest BCUT2D eigenvalue weighted by Gasteiger charge is 2.18. The number of rotatable bonds is 5. The van der Waals surface area contributed by atoms with Gasteiger partial charge in [-0.25, -0.2) is 0 Å². The lowest BCUT2D eigenvalue weighted by Crippen LogP contribution is -2.09. The van der Waals surface area contributed by atoms with Crippen LogP contribution in [0.25, 0.3) is 16.7 Å². The molecule has 1 unspecified atom stereocenters. The van der Waals surface area contributed by atoms with Crippen molar-refractivity contribution in [1.29, 1.82) is 0 Å². The maximum absolute atomic E-state index is 6.21. The van der Waals surface area contributed by atoms with Crippen LogP contribution in [0.2, 0.25) is 0 Å². The molecule has 4 rings (SSSR count). The van der Waals surface area contributed by atoms with Crippen LogP contribution in [0.15, 0.2) is 42.5 Å². The van der Waals surface area contributed by atoms with E-state index in [4.69, 9.17) is 21.8 Å². The lowest BCUT2D eigenvalue weighted by Gasteiger charge is -2.23. The van der Waals surface area contributed by atoms with Crippen LogP contribution in [-0.4, -0.2) is 20.4 Å². The number of aromatic nitrogens is 3. The van der Waals surface area contributed by atoms with Crippen LogP contribution in [-0.2, 0) is 6.42 Å². The van der Waals surface area contributed by atoms with Crippen LogP contribution in [0.3, 0.4) is 0 Å². The summed E-state index contributed by atoms with van der Waals surface area (Å²) in [5, 5.41) is 9.63. The first kappa shape index (κ1) is 17.5. The summed E-state index contributed by atoms with van der Waals surface area (Å²) in [6, 6.07) is 15.0. The highest BCUT2D eigenvalue weighted by Crippen LogP contribution is 2.34. The first-order chi connectivity index (χ1) is 12.7. The summed E-state index contributed by atoms with van der Waals surface area (Å²) >= 11 is 6.21. The number of hydrogen-bond acceptors (Lipinski definition) is 2. The summed E-state index contributed by atoms with van der Waals surface area (Å²) in [5.74, 6) is 0.675. The van der Waals surface area contributed by atoms with Gasteiger partial charge in [-0.05, 0) is 67.9 Å². The third kappa shape index (κ3) is 3.78. The number of halogens is 1. The molecule has 0 N–H and O–H groups in total. The molecule has 1 aromatic heterocycles. The Kier molecular flexibility index (Phi) is 5.26. The maximum atomic E-state index is 6.21. The fourth-order valence-electron chi connectivity index (χ4n) is 3.99. The van der Waals surface area contributed by atoms with Crippen LogP contribution in [0, 0.1) is 0 Å². The van der Waals surface area contributed by atoms with E-state index in [-0.39, 0.29) is 5.38 Å². The second-order valence-electron chi connectivity index (χ2n) is 7.52. The Labute approximate surface area is 160 Å². The van der Waals surface area contributed by atoms with Gasteiger partial charge in [-0.15, -0.1) is 21.8 Å². The molecule has 1 fully saturated rings. The lowest BCUT2D eigenvalue weighted by molar-refractivity contribution is 0.443. The third-order valence-corrected chi connectivity index (χ3v) is 5.72. The van der Waals surface area contributed by atoms with Crippen LogP contribution in [0.5, 0.6) is 0 Å². The molecular formula is C22H26ClN3. The van der Waals surface area contributed by atoms with Gasteiger partial charge in [0.15, 0.2) is 0 Å². The normalized spacial score (nSPS) is 16.8. The van der Waals surface area contributed by atoms with Gasteiger partial charge >= 0.3 is 0 Å². The largest absolute Gasteiger partial charge is 0.150 e. The van der Waals surface area contributed by atoms with Gasteiger partial charge in [0.05, 0.1) is 5.69 Å². The molecule has 1 aliphatic carbocycles. The fraction of sp³-hybridized carbons (Fsp3) is 0.455. The van der Waals surface area contributed by atoms with Crippen LogP contribution in [0.1, 0.15) is 62.5 Å². The highest BCUT2D eigenvalue weighted by molar-refractivity contribution is 6.20. The topological polar surface area (TPSA) is 30.7 Å². The molecule has 0 amide bonds. The quantitative estimate of drug-likeness (QED) is 0.515. The summed E-state index contributed by atoms with van der Waals surface area (Å²) in [4.78, 5) is 1.82. The van der Waals surface area contributed by atoms with Gasteiger partial charge in [0.25, 0.3) is 0 Å². The van der Waals surface area contributed by atoms with Gasteiger partial charge in [0.2, 0.25) is 0 Å². The van der Waals surface area contributed by atoms with Crippen molar-refractivity contribution in [3.63, 3.8) is 0 Å². The van der Waals surface area contributed by atoms with Crippen molar-refractivity contribution in [1.82, 2.24) is 15.0 Å². The van der Waals surface area contributed by atoms with Crippen LogP contribution < -0.4 is 0 Å². The molecule has 1 aliphatic rings. The van der Waals surface area contributed by atoms with E-state index in [9.17, 15) is 0 Å². The number of alkyl halides is 1. The minimum Gasteiger partial charge on any atom is -0.150 e. The molecule has 0 aliphatic heterocycles. The van der Waals surface area contributed by atoms with E-state index < -0.39 is 0 Å². The number of aryl methyl sites for hydroxylation is 1. The molecule has 136 valence electrons. The Hall–Kier alpha value is -1.87. The third-order valence-electron chi connectivity index (χ3n) is 5.50. The van der Waals surface area contributed by atoms with Crippen LogP contribution >= 0.6 is 11.6 Å². The molecule has 1 heterocycles. The second-order valence-corrected chi connectivity index (χ2v) is 8.27. The number of fused-ring (bicyclic) bond motifs is 1. The average molecular weight is 368 g/mol. The molecule has 0 saturated heterocycles. The van der Waals surface area contributed by atoms with Crippen molar-refractivity contribution in [2.75, 3.05) is 0 Å². The van der Waals surface area contributed by atoms with E-state index in [0.717, 1.165) is 29.6 Å². The molecule has 0 radical (unpaired) electrons. The predicted octanol–water partition coefficient (Wildman–Crippen LogP) is 6.03. The summed E-state index contributed by atoms with van der Waals surface area (Å²) in [6.45, 7) is 2.05. The van der Waals surface area contributed by atoms with E-state index in [1.807, 2.05) is 29.1 Å². The van der Waals surface area contributed by atoms with Gasteiger partial charge in [-0.2, -0.15) is 4.80 Å². The molecule has 2 aromatic carbocycles. The van der Waals surface area contributed by atoms with Gasteiger partial charge < -0.3 is 0 Å². The Morgan fingerprint density at radius 1 is 1.04 bits per heavy atom. The van der Waals surface area contributed by atoms with E-state index >= 15 is 0 Å². The Morgan fingerprint density at radius 2 is 1.73 bits per heavy atom. The Balaban J connectivity index is 1.74. The van der Waals surface area contributed by atoms with Crippen molar-refractivity contribution in [2.24, 2.45) is 0 Å². The minimum atomic E-state index is 0.172. The molecular weight excluding hydrogens is 342 g/mol. The van der Waals surface area contributed by atoms with Crippen molar-refractivity contribution in [3.05, 3.63) is 53.6 Å². The van der Waals surface area contributed by atoms with Crippen molar-refractivity contribution in [2.45, 2.75) is 63.2 Å². The van der Waals surface area contributed by atoms with Gasteiger partial charge in [-0.1, -0.05) is 43.5 Å². The first-order valence-electron chi connectivity index (χ1n) is 9.80. The van der Waals surface area contributed by atoms with Gasteiger partial charge in [-0.3, -0.25) is 0 Å². The first-order valence-corrected chi connectivity index (χ1v) is 10.2. The number of hydrogen-bond donors (Lipinski definition) is 0. The van der Waals surface area contributed by atoms with Crippen LogP contribution in [0.4, 0.5) is 0 Å². The monoisotopic (exact) mass is 367 g/mol. The fourth-order valence-corrected chi connectivity index (χ4v) is 4.10. The van der Waals surface area contributed by atoms with E-state index in [1.54, 1.807) is 0 Å². The standard InChI is InChI=1S/C22H26ClN3/c1-16(23)11-12-18-13-14-19(17-7-3-2-4-8-17)15-22(18)26-24-20-9-5-6-10-21(20)25-26/h5-6,9-10,13-17H,2-4,7-8,11-12H2,1H3. The van der Waals surface area contributed by atoms with Gasteiger partial charge in [0, 0.05) is 5.38 Å². The summed E-state index contributed by atoms with van der Waals surface area (Å²) < 4.78 is 0.